The van der Waals surface area contributed by atoms with Crippen molar-refractivity contribution in [2.75, 3.05) is 5.73 Å². The van der Waals surface area contributed by atoms with Crippen LogP contribution < -0.4 is 10.7 Å². The van der Waals surface area contributed by atoms with Gasteiger partial charge >= 0.3 is 5.97 Å². The van der Waals surface area contributed by atoms with E-state index in [1.165, 1.54) is 19.3 Å². The second-order valence-corrected chi connectivity index (χ2v) is 16.3. The van der Waals surface area contributed by atoms with Crippen molar-refractivity contribution in [1.82, 2.24) is 9.97 Å². The summed E-state index contributed by atoms with van der Waals surface area (Å²) < 4.78 is 0. The molecule has 3 aromatic rings. The lowest BCUT2D eigenvalue weighted by atomic mass is 9.79. The van der Waals surface area contributed by atoms with Crippen LogP contribution in [0.15, 0.2) is 67.0 Å². The monoisotopic (exact) mass is 744 g/mol. The van der Waals surface area contributed by atoms with Crippen LogP contribution in [-0.4, -0.2) is 59.4 Å². The van der Waals surface area contributed by atoms with Crippen molar-refractivity contribution < 1.29 is 35.4 Å². The van der Waals surface area contributed by atoms with E-state index in [9.17, 15) is 35.4 Å². The fraction of sp³-hybridized carbons (Fsp3) is 0.591. The number of benzene rings is 1. The average Bonchev–Trinajstić information content (AvgIpc) is 3.74. The summed E-state index contributed by atoms with van der Waals surface area (Å²) in [5.41, 5.74) is 7.93. The predicted octanol–water partition coefficient (Wildman–Crippen LogP) is 6.88. The molecule has 10 heteroatoms. The van der Waals surface area contributed by atoms with Gasteiger partial charge in [-0.05, 0) is 111 Å². The lowest BCUT2D eigenvalue weighted by Crippen LogP contribution is -2.39. The number of hydrogen-bond donors (Lipinski definition) is 7. The maximum absolute atomic E-state index is 12.3. The first-order chi connectivity index (χ1) is 25.9. The largest absolute Gasteiger partial charge is 0.665 e. The lowest BCUT2D eigenvalue weighted by molar-refractivity contribution is -0.147. The van der Waals surface area contributed by atoms with Gasteiger partial charge < -0.3 is 41.4 Å². The Hall–Kier alpha value is -3.70. The third kappa shape index (κ3) is 11.7. The number of aromatic hydroxyl groups is 1. The van der Waals surface area contributed by atoms with Crippen molar-refractivity contribution in [3.63, 3.8) is 0 Å². The number of aliphatic carboxylic acids is 1. The maximum Gasteiger partial charge on any atom is 0.309 e. The van der Waals surface area contributed by atoms with Crippen molar-refractivity contribution in [3.05, 3.63) is 89.4 Å². The number of phenols is 1. The number of pyridine rings is 1. The van der Waals surface area contributed by atoms with E-state index in [-0.39, 0.29) is 36.5 Å². The van der Waals surface area contributed by atoms with E-state index in [0.717, 1.165) is 48.8 Å². The number of aromatic nitrogens is 2. The quantitative estimate of drug-likeness (QED) is 0.0447. The van der Waals surface area contributed by atoms with Crippen molar-refractivity contribution >= 4 is 11.8 Å². The van der Waals surface area contributed by atoms with Gasteiger partial charge in [0.15, 0.2) is 0 Å². The van der Waals surface area contributed by atoms with Crippen LogP contribution in [0.5, 0.6) is 5.75 Å². The molecule has 0 saturated heterocycles. The number of nitrogens with zero attached hydrogens (tertiary/aromatic N) is 2. The van der Waals surface area contributed by atoms with Crippen molar-refractivity contribution in [3.8, 4) is 5.75 Å². The van der Waals surface area contributed by atoms with Gasteiger partial charge in [0.2, 0.25) is 0 Å². The Balaban J connectivity index is 1.17. The number of carboxylic acids is 1. The van der Waals surface area contributed by atoms with Gasteiger partial charge in [-0.15, -0.1) is 5.69 Å². The number of allylic oxidation sites excluding steroid dienone is 1. The highest BCUT2D eigenvalue weighted by atomic mass is 16.4. The molecule has 296 valence electrons. The molecule has 2 aromatic heterocycles. The van der Waals surface area contributed by atoms with Gasteiger partial charge in [-0.25, -0.2) is 4.98 Å². The van der Waals surface area contributed by atoms with E-state index >= 15 is 0 Å². The van der Waals surface area contributed by atoms with Gasteiger partial charge in [0, 0.05) is 18.0 Å². The summed E-state index contributed by atoms with van der Waals surface area (Å²) in [5, 5.41) is 65.7. The van der Waals surface area contributed by atoms with Gasteiger partial charge in [0.1, 0.15) is 11.6 Å². The highest BCUT2D eigenvalue weighted by Gasteiger charge is 2.49. The summed E-state index contributed by atoms with van der Waals surface area (Å²) in [6.07, 6.45) is 16.7. The molecule has 0 aliphatic heterocycles. The van der Waals surface area contributed by atoms with E-state index in [4.69, 9.17) is 5.73 Å². The van der Waals surface area contributed by atoms with E-state index in [1.54, 1.807) is 24.5 Å². The minimum atomic E-state index is -1.36. The molecule has 2 aliphatic rings. The smallest absolute Gasteiger partial charge is 0.309 e. The molecule has 1 aromatic carbocycles. The third-order valence-electron chi connectivity index (χ3n) is 12.1. The number of aliphatic hydroxyl groups excluding tert-OH is 3. The molecule has 9 atom stereocenters. The van der Waals surface area contributed by atoms with Crippen LogP contribution in [0.2, 0.25) is 0 Å². The second-order valence-electron chi connectivity index (χ2n) is 16.3. The zero-order valence-corrected chi connectivity index (χ0v) is 31.8. The summed E-state index contributed by atoms with van der Waals surface area (Å²) in [6.45, 7) is 2.20. The molecule has 2 aliphatic carbocycles. The minimum absolute atomic E-state index is 0.0137. The number of hydrogen-bond acceptors (Lipinski definition) is 8. The standard InChI is InChI=1S/C44H62N3O7/c1-2-3-5-8-29-11-14-34(40(50)25-29)9-6-4-7-10-36(43(52)53)39(49)17-19-44(54)27-32(22-31-18-20-46-41(45)26-31)23-37(44)42(51)38-24-33(28-47-38)21-30-12-15-35(48)16-13-30/h11-16,18,20,24,26,28-29,32,34,36-37,39-40,42,48-51,54H,2-10,17,19,21-23,25,27H2,1H3,(H2,45,46)(H,52,53)/q-1. The SMILES string of the molecule is CCCCCC1C=CC(CCCCCC(C(=O)O)C(O)CCC2(O)CC(Cc3ccnc(N)c3)CC2C(O)c2cc(Cc3ccc(O)cc3)c[n-]2)C(O)C1. The highest BCUT2D eigenvalue weighted by Crippen LogP contribution is 2.49. The Morgan fingerprint density at radius 2 is 1.74 bits per heavy atom. The molecule has 8 N–H and O–H groups in total. The maximum atomic E-state index is 12.3. The van der Waals surface area contributed by atoms with Crippen molar-refractivity contribution in [1.29, 1.82) is 0 Å². The Morgan fingerprint density at radius 1 is 0.963 bits per heavy atom. The van der Waals surface area contributed by atoms with Crippen LogP contribution in [0.3, 0.4) is 0 Å². The molecule has 5 rings (SSSR count). The van der Waals surface area contributed by atoms with Crippen LogP contribution >= 0.6 is 0 Å². The normalized spacial score (nSPS) is 25.8. The highest BCUT2D eigenvalue weighted by molar-refractivity contribution is 5.70. The summed E-state index contributed by atoms with van der Waals surface area (Å²) in [4.78, 5) is 21.0. The molecule has 0 radical (unpaired) electrons. The molecule has 54 heavy (non-hydrogen) atoms. The average molecular weight is 745 g/mol. The Kier molecular flexibility index (Phi) is 15.2. The molecule has 0 bridgehead atoms. The zero-order valence-electron chi connectivity index (χ0n) is 31.8. The Morgan fingerprint density at radius 3 is 2.46 bits per heavy atom. The molecule has 0 spiro atoms. The van der Waals surface area contributed by atoms with Crippen LogP contribution in [-0.2, 0) is 17.6 Å². The minimum Gasteiger partial charge on any atom is -0.665 e. The molecule has 1 saturated carbocycles. The number of carboxylic acid groups (broad SMARTS) is 1. The van der Waals surface area contributed by atoms with E-state index < -0.39 is 35.6 Å². The molecule has 2 heterocycles. The lowest BCUT2D eigenvalue weighted by Gasteiger charge is -2.36. The first kappa shape index (κ1) is 41.5. The number of nitrogens with two attached hydrogens (primary N) is 1. The van der Waals surface area contributed by atoms with Crippen LogP contribution in [0.4, 0.5) is 5.82 Å². The van der Waals surface area contributed by atoms with Gasteiger partial charge in [-0.1, -0.05) is 81.4 Å². The zero-order chi connectivity index (χ0) is 38.7. The van der Waals surface area contributed by atoms with E-state index in [2.05, 4.69) is 29.0 Å². The molecule has 10 nitrogen and oxygen atoms in total. The molecular weight excluding hydrogens is 682 g/mol. The number of nitrogen functional groups attached to an aromatic ring is 1. The van der Waals surface area contributed by atoms with E-state index in [0.29, 0.717) is 56.0 Å². The van der Waals surface area contributed by atoms with Crippen LogP contribution in [0, 0.1) is 29.6 Å². The van der Waals surface area contributed by atoms with Crippen LogP contribution in [0.25, 0.3) is 0 Å². The second kappa shape index (κ2) is 19.8. The summed E-state index contributed by atoms with van der Waals surface area (Å²) >= 11 is 0. The van der Waals surface area contributed by atoms with Crippen LogP contribution in [0.1, 0.15) is 125 Å². The topological polar surface area (TPSA) is 191 Å². The first-order valence-corrected chi connectivity index (χ1v) is 20.2. The molecular formula is C44H62N3O7-. The van der Waals surface area contributed by atoms with Gasteiger partial charge in [0.05, 0.1) is 29.8 Å². The first-order valence-electron chi connectivity index (χ1n) is 20.2. The molecule has 1 fully saturated rings. The van der Waals surface area contributed by atoms with E-state index in [1.807, 2.05) is 30.3 Å². The number of phenolic OH excluding ortho intramolecular Hbond substituents is 1. The van der Waals surface area contributed by atoms with Crippen molar-refractivity contribution in [2.45, 2.75) is 134 Å². The van der Waals surface area contributed by atoms with Gasteiger partial charge in [-0.2, -0.15) is 6.20 Å². The molecule has 9 unspecified atom stereocenters. The number of rotatable bonds is 21. The fourth-order valence-corrected chi connectivity index (χ4v) is 9.02. The Bertz CT molecular complexity index is 1630. The predicted molar refractivity (Wildman–Crippen MR) is 209 cm³/mol. The Labute approximate surface area is 320 Å². The summed E-state index contributed by atoms with van der Waals surface area (Å²) in [6, 6.07) is 12.5. The number of unbranched alkanes of at least 4 members (excludes halogenated alkanes) is 4. The molecule has 0 amide bonds. The number of aliphatic hydroxyl groups is 4. The third-order valence-corrected chi connectivity index (χ3v) is 12.1. The number of carbonyl (C=O) groups is 1. The van der Waals surface area contributed by atoms with Crippen molar-refractivity contribution in [2.24, 2.45) is 29.6 Å². The van der Waals surface area contributed by atoms with Gasteiger partial charge in [0.25, 0.3) is 0 Å². The fourth-order valence-electron chi connectivity index (χ4n) is 9.02. The summed E-state index contributed by atoms with van der Waals surface area (Å²) in [7, 11) is 0. The van der Waals surface area contributed by atoms with Gasteiger partial charge in [-0.3, -0.25) is 4.79 Å². The summed E-state index contributed by atoms with van der Waals surface area (Å²) in [5.74, 6) is -1.38. The number of anilines is 1.